The van der Waals surface area contributed by atoms with Gasteiger partial charge >= 0.3 is 6.18 Å². The molecular formula is C20H26F3N3O. The van der Waals surface area contributed by atoms with Crippen LogP contribution in [0.1, 0.15) is 38.3 Å². The highest BCUT2D eigenvalue weighted by Gasteiger charge is 2.31. The third kappa shape index (κ3) is 5.29. The first-order valence-electron chi connectivity index (χ1n) is 8.77. The lowest BCUT2D eigenvalue weighted by atomic mass is 10.1. The molecule has 2 heterocycles. The van der Waals surface area contributed by atoms with Crippen LogP contribution in [0.3, 0.4) is 0 Å². The Morgan fingerprint density at radius 2 is 1.67 bits per heavy atom. The molecule has 0 radical (unpaired) electrons. The minimum atomic E-state index is -4.42. The molecule has 3 rings (SSSR count). The number of hydrogen-bond donors (Lipinski definition) is 1. The maximum atomic E-state index is 12.8. The predicted octanol–water partition coefficient (Wildman–Crippen LogP) is 5.47. The second-order valence-corrected chi connectivity index (χ2v) is 5.77. The molecule has 0 spiro atoms. The lowest BCUT2D eigenvalue weighted by Gasteiger charge is -2.08. The molecule has 0 bridgehead atoms. The van der Waals surface area contributed by atoms with Crippen molar-refractivity contribution in [2.75, 3.05) is 7.11 Å². The summed E-state index contributed by atoms with van der Waals surface area (Å²) in [6.45, 7) is 8.70. The molecule has 0 unspecified atom stereocenters. The summed E-state index contributed by atoms with van der Waals surface area (Å²) < 4.78 is 40.3. The zero-order valence-electron chi connectivity index (χ0n) is 16.3. The van der Waals surface area contributed by atoms with Crippen LogP contribution in [0.5, 0.6) is 0 Å². The van der Waals surface area contributed by atoms with Crippen LogP contribution >= 0.6 is 0 Å². The number of aryl methyl sites for hydroxylation is 2. The molecule has 7 heteroatoms. The van der Waals surface area contributed by atoms with Crippen molar-refractivity contribution in [3.8, 4) is 11.4 Å². The quantitative estimate of drug-likeness (QED) is 0.640. The number of benzene rings is 1. The van der Waals surface area contributed by atoms with Gasteiger partial charge in [0.1, 0.15) is 11.3 Å². The van der Waals surface area contributed by atoms with Gasteiger partial charge in [-0.05, 0) is 25.5 Å². The SMILES string of the molecule is CCC.CCn1c(-c2ccccc2C)nc2cc(C(F)(F)F)cnc21.CO. The number of hydrogen-bond acceptors (Lipinski definition) is 3. The number of alkyl halides is 3. The molecule has 3 aromatic rings. The normalized spacial score (nSPS) is 10.7. The maximum Gasteiger partial charge on any atom is 0.417 e. The van der Waals surface area contributed by atoms with E-state index in [0.717, 1.165) is 30.5 Å². The Kier molecular flexibility index (Phi) is 8.43. The van der Waals surface area contributed by atoms with Gasteiger partial charge in [0.15, 0.2) is 5.65 Å². The summed E-state index contributed by atoms with van der Waals surface area (Å²) in [6, 6.07) is 8.71. The predicted molar refractivity (Wildman–Crippen MR) is 102 cm³/mol. The van der Waals surface area contributed by atoms with Gasteiger partial charge in [0.2, 0.25) is 0 Å². The van der Waals surface area contributed by atoms with Crippen molar-refractivity contribution in [1.29, 1.82) is 0 Å². The van der Waals surface area contributed by atoms with Crippen LogP contribution in [0.4, 0.5) is 13.2 Å². The third-order valence-corrected chi connectivity index (χ3v) is 3.61. The molecule has 148 valence electrons. The molecule has 0 aliphatic rings. The summed E-state index contributed by atoms with van der Waals surface area (Å²) in [7, 11) is 1.00. The van der Waals surface area contributed by atoms with Gasteiger partial charge < -0.3 is 9.67 Å². The molecule has 0 amide bonds. The number of aliphatic hydroxyl groups excluding tert-OH is 1. The van der Waals surface area contributed by atoms with E-state index in [9.17, 15) is 13.2 Å². The fourth-order valence-electron chi connectivity index (χ4n) is 2.49. The molecule has 0 atom stereocenters. The molecule has 1 N–H and O–H groups in total. The van der Waals surface area contributed by atoms with Gasteiger partial charge in [0, 0.05) is 25.4 Å². The van der Waals surface area contributed by atoms with Crippen LogP contribution in [0.25, 0.3) is 22.6 Å². The number of aliphatic hydroxyl groups is 1. The average Bonchev–Trinajstić information content (AvgIpc) is 3.01. The van der Waals surface area contributed by atoms with Crippen molar-refractivity contribution < 1.29 is 18.3 Å². The molecular weight excluding hydrogens is 355 g/mol. The van der Waals surface area contributed by atoms with Crippen LogP contribution in [0.2, 0.25) is 0 Å². The molecule has 0 saturated carbocycles. The molecule has 0 aliphatic carbocycles. The molecule has 27 heavy (non-hydrogen) atoms. The van der Waals surface area contributed by atoms with E-state index in [1.54, 1.807) is 0 Å². The first-order valence-corrected chi connectivity index (χ1v) is 8.77. The van der Waals surface area contributed by atoms with Crippen molar-refractivity contribution in [3.63, 3.8) is 0 Å². The van der Waals surface area contributed by atoms with Crippen molar-refractivity contribution >= 4 is 11.2 Å². The van der Waals surface area contributed by atoms with E-state index < -0.39 is 11.7 Å². The minimum Gasteiger partial charge on any atom is -0.400 e. The van der Waals surface area contributed by atoms with Gasteiger partial charge in [-0.15, -0.1) is 0 Å². The largest absolute Gasteiger partial charge is 0.417 e. The minimum absolute atomic E-state index is 0.259. The monoisotopic (exact) mass is 381 g/mol. The molecule has 0 saturated heterocycles. The van der Waals surface area contributed by atoms with Crippen molar-refractivity contribution in [2.24, 2.45) is 0 Å². The maximum absolute atomic E-state index is 12.8. The van der Waals surface area contributed by atoms with E-state index >= 15 is 0 Å². The number of nitrogens with zero attached hydrogens (tertiary/aromatic N) is 3. The Hall–Kier alpha value is -2.41. The Morgan fingerprint density at radius 1 is 1.07 bits per heavy atom. The Bertz CT molecular complexity index is 857. The topological polar surface area (TPSA) is 50.9 Å². The summed E-state index contributed by atoms with van der Waals surface area (Å²) >= 11 is 0. The van der Waals surface area contributed by atoms with Crippen LogP contribution < -0.4 is 0 Å². The second-order valence-electron chi connectivity index (χ2n) is 5.77. The lowest BCUT2D eigenvalue weighted by molar-refractivity contribution is -0.137. The highest BCUT2D eigenvalue weighted by molar-refractivity contribution is 5.78. The number of aromatic nitrogens is 3. The van der Waals surface area contributed by atoms with Crippen molar-refractivity contribution in [3.05, 3.63) is 47.7 Å². The van der Waals surface area contributed by atoms with Gasteiger partial charge in [-0.25, -0.2) is 9.97 Å². The number of rotatable bonds is 2. The zero-order chi connectivity index (χ0) is 20.6. The van der Waals surface area contributed by atoms with Gasteiger partial charge in [0.25, 0.3) is 0 Å². The average molecular weight is 381 g/mol. The summed E-state index contributed by atoms with van der Waals surface area (Å²) in [5.74, 6) is 0.641. The summed E-state index contributed by atoms with van der Waals surface area (Å²) in [4.78, 5) is 8.36. The smallest absolute Gasteiger partial charge is 0.400 e. The van der Waals surface area contributed by atoms with Gasteiger partial charge in [-0.1, -0.05) is 44.5 Å². The molecule has 0 aliphatic heterocycles. The summed E-state index contributed by atoms with van der Waals surface area (Å²) in [5.41, 5.74) is 1.86. The molecule has 2 aromatic heterocycles. The number of imidazole rings is 1. The van der Waals surface area contributed by atoms with E-state index in [2.05, 4.69) is 23.8 Å². The highest BCUT2D eigenvalue weighted by Crippen LogP contribution is 2.32. The molecule has 4 nitrogen and oxygen atoms in total. The van der Waals surface area contributed by atoms with E-state index in [1.165, 1.54) is 6.42 Å². The van der Waals surface area contributed by atoms with Gasteiger partial charge in [-0.2, -0.15) is 13.2 Å². The first-order chi connectivity index (χ1) is 12.8. The second kappa shape index (κ2) is 10.1. The van der Waals surface area contributed by atoms with Crippen LogP contribution in [0, 0.1) is 6.92 Å². The van der Waals surface area contributed by atoms with E-state index in [1.807, 2.05) is 42.7 Å². The Morgan fingerprint density at radius 3 is 2.19 bits per heavy atom. The molecule has 0 fully saturated rings. The van der Waals surface area contributed by atoms with E-state index in [4.69, 9.17) is 5.11 Å². The van der Waals surface area contributed by atoms with Crippen molar-refractivity contribution in [2.45, 2.75) is 46.8 Å². The lowest BCUT2D eigenvalue weighted by Crippen LogP contribution is -2.06. The van der Waals surface area contributed by atoms with Gasteiger partial charge in [0.05, 0.1) is 5.56 Å². The van der Waals surface area contributed by atoms with E-state index in [-0.39, 0.29) is 5.52 Å². The fraction of sp³-hybridized carbons (Fsp3) is 0.400. The summed E-state index contributed by atoms with van der Waals surface area (Å²) in [6.07, 6.45) is -2.31. The highest BCUT2D eigenvalue weighted by atomic mass is 19.4. The van der Waals surface area contributed by atoms with Crippen LogP contribution in [-0.2, 0) is 12.7 Å². The Balaban J connectivity index is 0.000000665. The number of halogens is 3. The fourth-order valence-corrected chi connectivity index (χ4v) is 2.49. The summed E-state index contributed by atoms with van der Waals surface area (Å²) in [5, 5.41) is 7.00. The number of fused-ring (bicyclic) bond motifs is 1. The zero-order valence-corrected chi connectivity index (χ0v) is 16.3. The van der Waals surface area contributed by atoms with E-state index in [0.29, 0.717) is 18.0 Å². The standard InChI is InChI=1S/C16H14F3N3.C3H8.CH4O/c1-3-22-14(12-7-5-4-6-10(12)2)21-13-8-11(16(17,18)19)9-20-15(13)22;1-3-2;1-2/h4-9H,3H2,1-2H3;3H2,1-2H3;2H,1H3. The van der Waals surface area contributed by atoms with Crippen LogP contribution in [-0.4, -0.2) is 26.8 Å². The van der Waals surface area contributed by atoms with Gasteiger partial charge in [-0.3, -0.25) is 0 Å². The van der Waals surface area contributed by atoms with Crippen molar-refractivity contribution in [1.82, 2.24) is 14.5 Å². The third-order valence-electron chi connectivity index (χ3n) is 3.61. The number of pyridine rings is 1. The molecule has 1 aromatic carbocycles. The van der Waals surface area contributed by atoms with Crippen LogP contribution in [0.15, 0.2) is 36.5 Å². The Labute approximate surface area is 157 Å². The first kappa shape index (κ1) is 22.6.